The Balaban J connectivity index is 1.92. The highest BCUT2D eigenvalue weighted by molar-refractivity contribution is 6.30. The first-order chi connectivity index (χ1) is 13.4. The van der Waals surface area contributed by atoms with E-state index in [1.165, 1.54) is 0 Å². The maximum Gasteiger partial charge on any atom is 0.277 e. The average molecular weight is 404 g/mol. The van der Waals surface area contributed by atoms with Crippen molar-refractivity contribution in [3.63, 3.8) is 0 Å². The van der Waals surface area contributed by atoms with E-state index in [1.807, 2.05) is 13.8 Å². The Hall–Kier alpha value is -3.06. The fraction of sp³-hybridized carbons (Fsp3) is 0.250. The molecule has 0 bridgehead atoms. The number of carbonyl (C=O) groups is 2. The normalized spacial score (nSPS) is 11.0. The standard InChI is InChI=1S/C20H21ClN2O5/c1-3-17(14-4-7-16(8-5-14)27-12-20(25)26)22-23-19(24)11-28-18-9-6-15(21)10-13(18)2/h4-10H,3,11-12H2,1-2H3,(H,23,24)(H,25,26)/p-1/b22-17-. The summed E-state index contributed by atoms with van der Waals surface area (Å²) in [6.45, 7) is 3.04. The molecule has 0 aliphatic rings. The molecule has 0 atom stereocenters. The molecule has 0 fully saturated rings. The number of hydrogen-bond donors (Lipinski definition) is 1. The summed E-state index contributed by atoms with van der Waals surface area (Å²) >= 11 is 5.89. The van der Waals surface area contributed by atoms with E-state index in [9.17, 15) is 14.7 Å². The minimum Gasteiger partial charge on any atom is -0.546 e. The number of aryl methyl sites for hydroxylation is 1. The van der Waals surface area contributed by atoms with E-state index in [1.54, 1.807) is 42.5 Å². The van der Waals surface area contributed by atoms with Gasteiger partial charge in [-0.25, -0.2) is 5.43 Å². The van der Waals surface area contributed by atoms with Crippen molar-refractivity contribution in [3.8, 4) is 11.5 Å². The van der Waals surface area contributed by atoms with Gasteiger partial charge in [-0.1, -0.05) is 18.5 Å². The van der Waals surface area contributed by atoms with Gasteiger partial charge in [0.05, 0.1) is 11.7 Å². The molecule has 148 valence electrons. The molecule has 2 aromatic carbocycles. The third-order valence-electron chi connectivity index (χ3n) is 3.69. The number of aliphatic carboxylic acids is 1. The van der Waals surface area contributed by atoms with E-state index >= 15 is 0 Å². The van der Waals surface area contributed by atoms with E-state index in [-0.39, 0.29) is 6.61 Å². The second-order valence-corrected chi connectivity index (χ2v) is 6.27. The predicted octanol–water partition coefficient (Wildman–Crippen LogP) is 2.09. The van der Waals surface area contributed by atoms with Gasteiger partial charge in [0.15, 0.2) is 6.61 Å². The van der Waals surface area contributed by atoms with Crippen molar-refractivity contribution in [3.05, 3.63) is 58.6 Å². The van der Waals surface area contributed by atoms with Crippen LogP contribution in [0.15, 0.2) is 47.6 Å². The second-order valence-electron chi connectivity index (χ2n) is 5.83. The van der Waals surface area contributed by atoms with Gasteiger partial charge in [0.2, 0.25) is 0 Å². The maximum absolute atomic E-state index is 12.0. The van der Waals surface area contributed by atoms with Gasteiger partial charge >= 0.3 is 0 Å². The van der Waals surface area contributed by atoms with E-state index in [2.05, 4.69) is 10.5 Å². The monoisotopic (exact) mass is 403 g/mol. The summed E-state index contributed by atoms with van der Waals surface area (Å²) in [7, 11) is 0. The minimum absolute atomic E-state index is 0.182. The van der Waals surface area contributed by atoms with Crippen molar-refractivity contribution in [2.45, 2.75) is 20.3 Å². The minimum atomic E-state index is -1.29. The van der Waals surface area contributed by atoms with Crippen LogP contribution in [0.1, 0.15) is 24.5 Å². The van der Waals surface area contributed by atoms with Gasteiger partial charge in [0, 0.05) is 5.02 Å². The largest absolute Gasteiger partial charge is 0.546 e. The molecule has 0 heterocycles. The number of carbonyl (C=O) groups excluding carboxylic acids is 2. The fourth-order valence-electron chi connectivity index (χ4n) is 2.31. The molecule has 0 aromatic heterocycles. The van der Waals surface area contributed by atoms with E-state index in [0.29, 0.717) is 28.7 Å². The molecule has 7 nitrogen and oxygen atoms in total. The maximum atomic E-state index is 12.0. The average Bonchev–Trinajstić information content (AvgIpc) is 2.67. The van der Waals surface area contributed by atoms with Crippen molar-refractivity contribution in [2.75, 3.05) is 13.2 Å². The lowest BCUT2D eigenvalue weighted by atomic mass is 10.1. The molecule has 0 saturated heterocycles. The molecule has 0 aliphatic heterocycles. The van der Waals surface area contributed by atoms with Crippen LogP contribution in [0.25, 0.3) is 0 Å². The summed E-state index contributed by atoms with van der Waals surface area (Å²) in [5.74, 6) is -0.710. The summed E-state index contributed by atoms with van der Waals surface area (Å²) < 4.78 is 10.5. The zero-order chi connectivity index (χ0) is 20.5. The van der Waals surface area contributed by atoms with Crippen molar-refractivity contribution in [1.29, 1.82) is 0 Å². The highest BCUT2D eigenvalue weighted by Gasteiger charge is 2.07. The van der Waals surface area contributed by atoms with Crippen molar-refractivity contribution in [2.24, 2.45) is 5.10 Å². The number of halogens is 1. The lowest BCUT2D eigenvalue weighted by molar-refractivity contribution is -0.307. The van der Waals surface area contributed by atoms with E-state index < -0.39 is 18.5 Å². The lowest BCUT2D eigenvalue weighted by Crippen LogP contribution is -2.28. The number of amides is 1. The number of benzene rings is 2. The molecule has 2 rings (SSSR count). The Morgan fingerprint density at radius 3 is 2.43 bits per heavy atom. The quantitative estimate of drug-likeness (QED) is 0.510. The number of nitrogens with zero attached hydrogens (tertiary/aromatic N) is 1. The van der Waals surface area contributed by atoms with Gasteiger partial charge in [-0.15, -0.1) is 0 Å². The van der Waals surface area contributed by atoms with Gasteiger partial charge in [0.1, 0.15) is 18.1 Å². The summed E-state index contributed by atoms with van der Waals surface area (Å²) in [4.78, 5) is 22.4. The van der Waals surface area contributed by atoms with Crippen LogP contribution in [0.2, 0.25) is 5.02 Å². The second kappa shape index (κ2) is 10.3. The highest BCUT2D eigenvalue weighted by Crippen LogP contribution is 2.21. The molecule has 1 N–H and O–H groups in total. The van der Waals surface area contributed by atoms with Crippen molar-refractivity contribution >= 4 is 29.2 Å². The number of rotatable bonds is 9. The molecule has 8 heteroatoms. The number of carboxylic acids is 1. The van der Waals surface area contributed by atoms with Crippen molar-refractivity contribution < 1.29 is 24.2 Å². The third kappa shape index (κ3) is 6.59. The van der Waals surface area contributed by atoms with Gasteiger partial charge in [-0.05, 0) is 66.9 Å². The molecule has 28 heavy (non-hydrogen) atoms. The lowest BCUT2D eigenvalue weighted by Gasteiger charge is -2.10. The Bertz CT molecular complexity index is 865. The summed E-state index contributed by atoms with van der Waals surface area (Å²) in [6.07, 6.45) is 0.580. The van der Waals surface area contributed by atoms with Crippen LogP contribution in [-0.2, 0) is 9.59 Å². The van der Waals surface area contributed by atoms with E-state index in [4.69, 9.17) is 21.1 Å². The zero-order valence-corrected chi connectivity index (χ0v) is 16.3. The van der Waals surface area contributed by atoms with E-state index in [0.717, 1.165) is 11.1 Å². The first-order valence-corrected chi connectivity index (χ1v) is 8.94. The number of carboxylic acid groups (broad SMARTS) is 1. The molecular weight excluding hydrogens is 384 g/mol. The Kier molecular flexibility index (Phi) is 7.83. The van der Waals surface area contributed by atoms with Crippen molar-refractivity contribution in [1.82, 2.24) is 5.43 Å². The molecule has 2 aromatic rings. The van der Waals surface area contributed by atoms with Gasteiger partial charge < -0.3 is 19.4 Å². The predicted molar refractivity (Wildman–Crippen MR) is 104 cm³/mol. The summed E-state index contributed by atoms with van der Waals surface area (Å²) in [5, 5.41) is 15.1. The van der Waals surface area contributed by atoms with Crippen LogP contribution in [-0.4, -0.2) is 30.8 Å². The first-order valence-electron chi connectivity index (χ1n) is 8.56. The first kappa shape index (κ1) is 21.2. The number of hydrazone groups is 1. The highest BCUT2D eigenvalue weighted by atomic mass is 35.5. The van der Waals surface area contributed by atoms with Crippen LogP contribution < -0.4 is 20.0 Å². The Labute approximate surface area is 167 Å². The van der Waals surface area contributed by atoms with Crippen LogP contribution in [0.4, 0.5) is 0 Å². The summed E-state index contributed by atoms with van der Waals surface area (Å²) in [5.41, 5.74) is 4.73. The van der Waals surface area contributed by atoms with Crippen LogP contribution >= 0.6 is 11.6 Å². The zero-order valence-electron chi connectivity index (χ0n) is 15.5. The van der Waals surface area contributed by atoms with Gasteiger partial charge in [-0.2, -0.15) is 5.10 Å². The SMILES string of the molecule is CC/C(=N/NC(=O)COc1ccc(Cl)cc1C)c1ccc(OCC(=O)[O-])cc1. The third-order valence-corrected chi connectivity index (χ3v) is 3.93. The number of hydrogen-bond acceptors (Lipinski definition) is 6. The Morgan fingerprint density at radius 1 is 1.11 bits per heavy atom. The molecule has 0 aliphatic carbocycles. The van der Waals surface area contributed by atoms with Crippen LogP contribution in [0.3, 0.4) is 0 Å². The fourth-order valence-corrected chi connectivity index (χ4v) is 2.54. The summed E-state index contributed by atoms with van der Waals surface area (Å²) in [6, 6.07) is 11.8. The number of ether oxygens (including phenoxy) is 2. The smallest absolute Gasteiger partial charge is 0.277 e. The molecule has 1 amide bonds. The molecule has 0 unspecified atom stereocenters. The molecule has 0 saturated carbocycles. The van der Waals surface area contributed by atoms with Crippen LogP contribution in [0.5, 0.6) is 11.5 Å². The van der Waals surface area contributed by atoms with Gasteiger partial charge in [-0.3, -0.25) is 4.79 Å². The molecule has 0 spiro atoms. The van der Waals surface area contributed by atoms with Gasteiger partial charge in [0.25, 0.3) is 5.91 Å². The number of nitrogens with one attached hydrogen (secondary N) is 1. The van der Waals surface area contributed by atoms with Crippen LogP contribution in [0, 0.1) is 6.92 Å². The topological polar surface area (TPSA) is 100 Å². The molecule has 0 radical (unpaired) electrons. The molecular formula is C20H20ClN2O5-. The Morgan fingerprint density at radius 2 is 1.82 bits per heavy atom.